The third-order valence-electron chi connectivity index (χ3n) is 2.79. The minimum atomic E-state index is -0.937. The van der Waals surface area contributed by atoms with E-state index in [0.717, 1.165) is 22.1 Å². The highest BCUT2D eigenvalue weighted by Gasteiger charge is 2.20. The Hall–Kier alpha value is -1.32. The smallest absolute Gasteiger partial charge is 0.129 e. The van der Waals surface area contributed by atoms with Gasteiger partial charge in [0, 0.05) is 11.6 Å². The fourth-order valence-corrected chi connectivity index (χ4v) is 2.16. The van der Waals surface area contributed by atoms with Gasteiger partial charge in [0.15, 0.2) is 0 Å². The van der Waals surface area contributed by atoms with Crippen LogP contribution in [0.1, 0.15) is 26.3 Å². The van der Waals surface area contributed by atoms with E-state index in [1.807, 2.05) is 19.1 Å². The Morgan fingerprint density at radius 1 is 1.33 bits per heavy atom. The number of aromatic nitrogens is 1. The number of hydrogen-bond acceptors (Lipinski definition) is 3. The summed E-state index contributed by atoms with van der Waals surface area (Å²) in [5.74, 6) is 0.754. The first-order chi connectivity index (χ1) is 8.43. The molecule has 0 fully saturated rings. The molecule has 3 nitrogen and oxygen atoms in total. The molecule has 2 aromatic rings. The monoisotopic (exact) mass is 265 g/mol. The SMILES string of the molecule is CCOc1ccc(C(C)(C)O)c2cc(Cl)ncc12. The number of halogens is 1. The van der Waals surface area contributed by atoms with Crippen LogP contribution in [0.5, 0.6) is 5.75 Å². The van der Waals surface area contributed by atoms with Gasteiger partial charge in [0.25, 0.3) is 0 Å². The van der Waals surface area contributed by atoms with Crippen LogP contribution in [0, 0.1) is 0 Å². The van der Waals surface area contributed by atoms with Gasteiger partial charge in [0.1, 0.15) is 10.9 Å². The van der Waals surface area contributed by atoms with Crippen molar-refractivity contribution in [2.75, 3.05) is 6.61 Å². The second-order valence-corrected chi connectivity index (χ2v) is 5.04. The summed E-state index contributed by atoms with van der Waals surface area (Å²) in [7, 11) is 0. The van der Waals surface area contributed by atoms with Crippen LogP contribution in [0.3, 0.4) is 0 Å². The third kappa shape index (κ3) is 2.42. The maximum Gasteiger partial charge on any atom is 0.129 e. The van der Waals surface area contributed by atoms with Gasteiger partial charge in [-0.2, -0.15) is 0 Å². The first-order valence-electron chi connectivity index (χ1n) is 5.87. The lowest BCUT2D eigenvalue weighted by Crippen LogP contribution is -2.16. The maximum atomic E-state index is 10.2. The molecule has 0 radical (unpaired) electrons. The van der Waals surface area contributed by atoms with Gasteiger partial charge in [0.2, 0.25) is 0 Å². The predicted molar refractivity (Wildman–Crippen MR) is 73.2 cm³/mol. The van der Waals surface area contributed by atoms with Gasteiger partial charge in [-0.3, -0.25) is 0 Å². The van der Waals surface area contributed by atoms with E-state index in [4.69, 9.17) is 16.3 Å². The molecular weight excluding hydrogens is 250 g/mol. The Balaban J connectivity index is 2.76. The largest absolute Gasteiger partial charge is 0.493 e. The Bertz CT molecular complexity index is 576. The lowest BCUT2D eigenvalue weighted by Gasteiger charge is -2.21. The summed E-state index contributed by atoms with van der Waals surface area (Å²) in [6, 6.07) is 5.48. The number of nitrogens with zero attached hydrogens (tertiary/aromatic N) is 1. The van der Waals surface area contributed by atoms with E-state index in [1.54, 1.807) is 26.1 Å². The molecule has 2 rings (SSSR count). The normalized spacial score (nSPS) is 11.8. The molecule has 0 saturated carbocycles. The lowest BCUT2D eigenvalue weighted by atomic mass is 9.93. The van der Waals surface area contributed by atoms with E-state index >= 15 is 0 Å². The summed E-state index contributed by atoms with van der Waals surface area (Å²) in [4.78, 5) is 4.08. The van der Waals surface area contributed by atoms with Gasteiger partial charge in [0.05, 0.1) is 12.2 Å². The summed E-state index contributed by atoms with van der Waals surface area (Å²) in [6.07, 6.45) is 1.68. The zero-order chi connectivity index (χ0) is 13.3. The molecular formula is C14H16ClNO2. The lowest BCUT2D eigenvalue weighted by molar-refractivity contribution is 0.0801. The molecule has 0 aliphatic carbocycles. The molecule has 0 bridgehead atoms. The van der Waals surface area contributed by atoms with Gasteiger partial charge >= 0.3 is 0 Å². The first kappa shape index (κ1) is 13.1. The summed E-state index contributed by atoms with van der Waals surface area (Å²) in [5.41, 5.74) is -0.126. The number of pyridine rings is 1. The minimum Gasteiger partial charge on any atom is -0.493 e. The molecule has 18 heavy (non-hydrogen) atoms. The molecule has 0 aliphatic rings. The van der Waals surface area contributed by atoms with Crippen molar-refractivity contribution in [3.8, 4) is 5.75 Å². The number of benzene rings is 1. The van der Waals surface area contributed by atoms with E-state index in [-0.39, 0.29) is 0 Å². The van der Waals surface area contributed by atoms with Gasteiger partial charge < -0.3 is 9.84 Å². The van der Waals surface area contributed by atoms with E-state index in [2.05, 4.69) is 4.98 Å². The van der Waals surface area contributed by atoms with Crippen molar-refractivity contribution < 1.29 is 9.84 Å². The van der Waals surface area contributed by atoms with Crippen LogP contribution in [-0.4, -0.2) is 16.7 Å². The van der Waals surface area contributed by atoms with E-state index in [0.29, 0.717) is 11.8 Å². The number of aliphatic hydroxyl groups is 1. The van der Waals surface area contributed by atoms with Crippen molar-refractivity contribution >= 4 is 22.4 Å². The van der Waals surface area contributed by atoms with Gasteiger partial charge in [-0.25, -0.2) is 4.98 Å². The average molecular weight is 266 g/mol. The molecule has 0 unspecified atom stereocenters. The summed E-state index contributed by atoms with van der Waals surface area (Å²) < 4.78 is 5.56. The predicted octanol–water partition coefficient (Wildman–Crippen LogP) is 3.51. The van der Waals surface area contributed by atoms with Crippen molar-refractivity contribution in [2.45, 2.75) is 26.4 Å². The molecule has 0 aliphatic heterocycles. The fraction of sp³-hybridized carbons (Fsp3) is 0.357. The number of hydrogen-bond donors (Lipinski definition) is 1. The van der Waals surface area contributed by atoms with Crippen molar-refractivity contribution in [1.29, 1.82) is 0 Å². The van der Waals surface area contributed by atoms with Crippen molar-refractivity contribution in [1.82, 2.24) is 4.98 Å². The van der Waals surface area contributed by atoms with Crippen LogP contribution in [0.15, 0.2) is 24.4 Å². The Morgan fingerprint density at radius 2 is 2.06 bits per heavy atom. The number of rotatable bonds is 3. The van der Waals surface area contributed by atoms with Crippen LogP contribution in [0.2, 0.25) is 5.15 Å². The molecule has 0 saturated heterocycles. The topological polar surface area (TPSA) is 42.4 Å². The molecule has 1 aromatic heterocycles. The highest BCUT2D eigenvalue weighted by Crippen LogP contribution is 2.34. The number of ether oxygens (including phenoxy) is 1. The molecule has 96 valence electrons. The van der Waals surface area contributed by atoms with Crippen molar-refractivity contribution in [3.63, 3.8) is 0 Å². The van der Waals surface area contributed by atoms with Crippen LogP contribution >= 0.6 is 11.6 Å². The van der Waals surface area contributed by atoms with Gasteiger partial charge in [-0.1, -0.05) is 17.7 Å². The quantitative estimate of drug-likeness (QED) is 0.864. The van der Waals surface area contributed by atoms with E-state index in [9.17, 15) is 5.11 Å². The molecule has 1 aromatic carbocycles. The van der Waals surface area contributed by atoms with Crippen LogP contribution in [0.25, 0.3) is 10.8 Å². The molecule has 1 N–H and O–H groups in total. The van der Waals surface area contributed by atoms with Crippen LogP contribution in [-0.2, 0) is 5.60 Å². The molecule has 1 heterocycles. The standard InChI is InChI=1S/C14H16ClNO2/c1-4-18-12-6-5-11(14(2,3)17)9-7-13(15)16-8-10(9)12/h5-8,17H,4H2,1-3H3. The molecule has 0 amide bonds. The molecule has 0 spiro atoms. The average Bonchev–Trinajstić information content (AvgIpc) is 2.27. The van der Waals surface area contributed by atoms with Crippen LogP contribution in [0.4, 0.5) is 0 Å². The maximum absolute atomic E-state index is 10.2. The first-order valence-corrected chi connectivity index (χ1v) is 6.25. The summed E-state index contributed by atoms with van der Waals surface area (Å²) >= 11 is 5.94. The highest BCUT2D eigenvalue weighted by atomic mass is 35.5. The molecule has 4 heteroatoms. The second-order valence-electron chi connectivity index (χ2n) is 4.66. The van der Waals surface area contributed by atoms with Gasteiger partial charge in [-0.15, -0.1) is 0 Å². The zero-order valence-electron chi connectivity index (χ0n) is 10.7. The second kappa shape index (κ2) is 4.75. The highest BCUT2D eigenvalue weighted by molar-refractivity contribution is 6.30. The van der Waals surface area contributed by atoms with Crippen molar-refractivity contribution in [2.24, 2.45) is 0 Å². The van der Waals surface area contributed by atoms with Crippen LogP contribution < -0.4 is 4.74 Å². The molecule has 0 atom stereocenters. The summed E-state index contributed by atoms with van der Waals surface area (Å²) in [5, 5.41) is 12.3. The Kier molecular flexibility index (Phi) is 3.46. The van der Waals surface area contributed by atoms with E-state index < -0.39 is 5.60 Å². The van der Waals surface area contributed by atoms with Gasteiger partial charge in [-0.05, 0) is 43.9 Å². The summed E-state index contributed by atoms with van der Waals surface area (Å²) in [6.45, 7) is 6.01. The Morgan fingerprint density at radius 3 is 2.67 bits per heavy atom. The third-order valence-corrected chi connectivity index (χ3v) is 2.99. The fourth-order valence-electron chi connectivity index (χ4n) is 2.00. The minimum absolute atomic E-state index is 0.404. The zero-order valence-corrected chi connectivity index (χ0v) is 11.5. The van der Waals surface area contributed by atoms with Crippen molar-refractivity contribution in [3.05, 3.63) is 35.1 Å². The Labute approximate surface area is 111 Å². The van der Waals surface area contributed by atoms with E-state index in [1.165, 1.54) is 0 Å². The number of fused-ring (bicyclic) bond motifs is 1.